The molecule has 7 nitrogen and oxygen atoms in total. The van der Waals surface area contributed by atoms with Crippen LogP contribution in [0.15, 0.2) is 30.9 Å². The summed E-state index contributed by atoms with van der Waals surface area (Å²) in [6.45, 7) is 2.54. The van der Waals surface area contributed by atoms with Crippen LogP contribution in [0.2, 0.25) is 0 Å². The summed E-state index contributed by atoms with van der Waals surface area (Å²) >= 11 is 0. The molecule has 4 heterocycles. The van der Waals surface area contributed by atoms with Gasteiger partial charge in [-0.25, -0.2) is 9.97 Å². The molecular formula is C19H22N6O. The number of carbonyl (C=O) groups excluding carboxylic acids is 1. The number of aromatic amines is 1. The molecule has 2 aromatic heterocycles. The van der Waals surface area contributed by atoms with Gasteiger partial charge in [-0.15, -0.1) is 0 Å². The van der Waals surface area contributed by atoms with Gasteiger partial charge in [-0.1, -0.05) is 0 Å². The van der Waals surface area contributed by atoms with Crippen LogP contribution < -0.4 is 4.90 Å². The number of pyridine rings is 1. The second-order valence-electron chi connectivity index (χ2n) is 7.03. The summed E-state index contributed by atoms with van der Waals surface area (Å²) in [4.78, 5) is 28.4. The van der Waals surface area contributed by atoms with Crippen LogP contribution in [0.4, 0.5) is 5.82 Å². The zero-order valence-electron chi connectivity index (χ0n) is 14.6. The van der Waals surface area contributed by atoms with Crippen molar-refractivity contribution >= 4 is 11.7 Å². The zero-order valence-corrected chi connectivity index (χ0v) is 14.6. The highest BCUT2D eigenvalue weighted by Gasteiger charge is 2.39. The van der Waals surface area contributed by atoms with Crippen LogP contribution in [-0.4, -0.2) is 51.4 Å². The summed E-state index contributed by atoms with van der Waals surface area (Å²) in [5.74, 6) is 1.67. The van der Waals surface area contributed by atoms with E-state index in [2.05, 4.69) is 30.8 Å². The lowest BCUT2D eigenvalue weighted by molar-refractivity contribution is -0.139. The Kier molecular flexibility index (Phi) is 4.57. The minimum atomic E-state index is 0.274. The molecule has 0 radical (unpaired) electrons. The maximum absolute atomic E-state index is 12.5. The fourth-order valence-corrected chi connectivity index (χ4v) is 4.15. The molecule has 4 rings (SSSR count). The summed E-state index contributed by atoms with van der Waals surface area (Å²) in [5.41, 5.74) is 1.65. The lowest BCUT2D eigenvalue weighted by Crippen LogP contribution is -2.56. The number of H-pyrrole nitrogens is 1. The number of nitrogens with one attached hydrogen (secondary N) is 1. The Balaban J connectivity index is 1.42. The van der Waals surface area contributed by atoms with Crippen molar-refractivity contribution in [1.82, 2.24) is 19.9 Å². The number of aromatic nitrogens is 3. The van der Waals surface area contributed by atoms with E-state index in [4.69, 9.17) is 5.26 Å². The second-order valence-corrected chi connectivity index (χ2v) is 7.03. The summed E-state index contributed by atoms with van der Waals surface area (Å²) < 4.78 is 0. The predicted octanol–water partition coefficient (Wildman–Crippen LogP) is 1.74. The molecule has 7 heteroatoms. The van der Waals surface area contributed by atoms with Gasteiger partial charge in [0.2, 0.25) is 5.91 Å². The number of likely N-dealkylation sites (tertiary alicyclic amines) is 1. The minimum Gasteiger partial charge on any atom is -0.356 e. The Morgan fingerprint density at radius 2 is 2.23 bits per heavy atom. The largest absolute Gasteiger partial charge is 0.356 e. The Morgan fingerprint density at radius 1 is 1.31 bits per heavy atom. The molecule has 2 saturated heterocycles. The minimum absolute atomic E-state index is 0.274. The van der Waals surface area contributed by atoms with E-state index in [0.29, 0.717) is 23.9 Å². The van der Waals surface area contributed by atoms with Crippen LogP contribution in [0.25, 0.3) is 0 Å². The third-order valence-corrected chi connectivity index (χ3v) is 5.52. The number of amides is 1. The average molecular weight is 350 g/mol. The van der Waals surface area contributed by atoms with Gasteiger partial charge in [0, 0.05) is 56.6 Å². The number of carbonyl (C=O) groups is 1. The molecule has 134 valence electrons. The van der Waals surface area contributed by atoms with E-state index in [-0.39, 0.29) is 5.91 Å². The first-order valence-corrected chi connectivity index (χ1v) is 9.12. The van der Waals surface area contributed by atoms with Crippen LogP contribution in [0.5, 0.6) is 0 Å². The molecule has 2 aromatic rings. The van der Waals surface area contributed by atoms with Crippen molar-refractivity contribution in [3.63, 3.8) is 0 Å². The molecule has 26 heavy (non-hydrogen) atoms. The zero-order chi connectivity index (χ0) is 17.9. The Bertz CT molecular complexity index is 794. The molecule has 2 aliphatic heterocycles. The van der Waals surface area contributed by atoms with Gasteiger partial charge in [0.05, 0.1) is 11.9 Å². The van der Waals surface area contributed by atoms with Crippen LogP contribution in [0.3, 0.4) is 0 Å². The number of fused-ring (bicyclic) bond motifs is 1. The first kappa shape index (κ1) is 16.6. The molecular weight excluding hydrogens is 328 g/mol. The maximum atomic E-state index is 12.5. The Labute approximate surface area is 152 Å². The molecule has 0 aliphatic carbocycles. The SMILES string of the molecule is N#Cc1ccc(N2CC[C@@H]3[C@@H](CCC(=O)N3CCc3cnc[nH]3)C2)nc1. The molecule has 1 amide bonds. The Morgan fingerprint density at radius 3 is 2.96 bits per heavy atom. The Hall–Kier alpha value is -2.88. The summed E-state index contributed by atoms with van der Waals surface area (Å²) in [6.07, 6.45) is 8.47. The second kappa shape index (κ2) is 7.16. The third-order valence-electron chi connectivity index (χ3n) is 5.52. The number of rotatable bonds is 4. The number of anilines is 1. The highest BCUT2D eigenvalue weighted by molar-refractivity contribution is 5.77. The van der Waals surface area contributed by atoms with Crippen molar-refractivity contribution in [2.45, 2.75) is 31.7 Å². The molecule has 0 saturated carbocycles. The molecule has 0 bridgehead atoms. The normalized spacial score (nSPS) is 22.8. The lowest BCUT2D eigenvalue weighted by atomic mass is 9.83. The first-order chi connectivity index (χ1) is 12.7. The lowest BCUT2D eigenvalue weighted by Gasteiger charge is -2.47. The van der Waals surface area contributed by atoms with Gasteiger partial charge in [0.15, 0.2) is 0 Å². The summed E-state index contributed by atoms with van der Waals surface area (Å²) in [5, 5.41) is 8.92. The van der Waals surface area contributed by atoms with Gasteiger partial charge in [-0.2, -0.15) is 5.26 Å². The molecule has 1 N–H and O–H groups in total. The van der Waals surface area contributed by atoms with Crippen molar-refractivity contribution < 1.29 is 4.79 Å². The average Bonchev–Trinajstić information content (AvgIpc) is 3.20. The van der Waals surface area contributed by atoms with Crippen molar-refractivity contribution in [3.05, 3.63) is 42.1 Å². The number of hydrogen-bond acceptors (Lipinski definition) is 5. The van der Waals surface area contributed by atoms with Crippen LogP contribution in [0, 0.1) is 17.2 Å². The van der Waals surface area contributed by atoms with Gasteiger partial charge >= 0.3 is 0 Å². The van der Waals surface area contributed by atoms with Crippen LogP contribution >= 0.6 is 0 Å². The van der Waals surface area contributed by atoms with Gasteiger partial charge in [-0.3, -0.25) is 4.79 Å². The van der Waals surface area contributed by atoms with E-state index < -0.39 is 0 Å². The van der Waals surface area contributed by atoms with E-state index >= 15 is 0 Å². The number of piperidine rings is 2. The molecule has 2 fully saturated rings. The first-order valence-electron chi connectivity index (χ1n) is 9.12. The van der Waals surface area contributed by atoms with Gasteiger partial charge < -0.3 is 14.8 Å². The topological polar surface area (TPSA) is 88.9 Å². The van der Waals surface area contributed by atoms with Gasteiger partial charge in [0.25, 0.3) is 0 Å². The van der Waals surface area contributed by atoms with E-state index in [1.54, 1.807) is 12.5 Å². The van der Waals surface area contributed by atoms with Gasteiger partial charge in [-0.05, 0) is 30.9 Å². The van der Waals surface area contributed by atoms with Gasteiger partial charge in [0.1, 0.15) is 11.9 Å². The number of hydrogen-bond donors (Lipinski definition) is 1. The number of nitriles is 1. The molecule has 2 atom stereocenters. The van der Waals surface area contributed by atoms with E-state index in [1.807, 2.05) is 18.3 Å². The van der Waals surface area contributed by atoms with E-state index in [1.165, 1.54) is 0 Å². The van der Waals surface area contributed by atoms with E-state index in [0.717, 1.165) is 50.4 Å². The maximum Gasteiger partial charge on any atom is 0.222 e. The monoisotopic (exact) mass is 350 g/mol. The van der Waals surface area contributed by atoms with Crippen molar-refractivity contribution in [2.75, 3.05) is 24.5 Å². The predicted molar refractivity (Wildman–Crippen MR) is 96.3 cm³/mol. The third kappa shape index (κ3) is 3.27. The van der Waals surface area contributed by atoms with Crippen molar-refractivity contribution in [3.8, 4) is 6.07 Å². The van der Waals surface area contributed by atoms with Crippen molar-refractivity contribution in [2.24, 2.45) is 5.92 Å². The number of nitrogens with zero attached hydrogens (tertiary/aromatic N) is 5. The van der Waals surface area contributed by atoms with Crippen LogP contribution in [0.1, 0.15) is 30.5 Å². The highest BCUT2D eigenvalue weighted by atomic mass is 16.2. The fourth-order valence-electron chi connectivity index (χ4n) is 4.15. The smallest absolute Gasteiger partial charge is 0.222 e. The van der Waals surface area contributed by atoms with Crippen molar-refractivity contribution in [1.29, 1.82) is 5.26 Å². The van der Waals surface area contributed by atoms with Crippen LogP contribution in [-0.2, 0) is 11.2 Å². The fraction of sp³-hybridized carbons (Fsp3) is 0.474. The summed E-state index contributed by atoms with van der Waals surface area (Å²) in [6, 6.07) is 6.15. The summed E-state index contributed by atoms with van der Waals surface area (Å²) in [7, 11) is 0. The highest BCUT2D eigenvalue weighted by Crippen LogP contribution is 2.32. The molecule has 0 spiro atoms. The molecule has 2 aliphatic rings. The molecule has 0 aromatic carbocycles. The van der Waals surface area contributed by atoms with E-state index in [9.17, 15) is 4.79 Å². The number of imidazole rings is 1. The molecule has 0 unspecified atom stereocenters. The quantitative estimate of drug-likeness (QED) is 0.907. The standard InChI is InChI=1S/C19H22N6O/c20-9-14-1-3-18(22-10-14)24-7-6-17-15(12-24)2-4-19(26)25(17)8-5-16-11-21-13-23-16/h1,3,10-11,13,15,17H,2,4-8,12H2,(H,21,23)/t15-,17+/m0/s1.